The fourth-order valence-corrected chi connectivity index (χ4v) is 2.18. The number of hydrogen-bond acceptors (Lipinski definition) is 5. The summed E-state index contributed by atoms with van der Waals surface area (Å²) in [6.07, 6.45) is 3.44. The summed E-state index contributed by atoms with van der Waals surface area (Å²) in [4.78, 5) is 25.7. The molecular weight excluding hydrogens is 264 g/mol. The van der Waals surface area contributed by atoms with Gasteiger partial charge in [-0.3, -0.25) is 14.3 Å². The maximum Gasteiger partial charge on any atom is 0.330 e. The molecule has 0 spiro atoms. The van der Waals surface area contributed by atoms with Gasteiger partial charge in [0.15, 0.2) is 0 Å². The lowest BCUT2D eigenvalue weighted by molar-refractivity contribution is -0.0459. The Hall–Kier alpha value is -1.70. The third kappa shape index (κ3) is 2.90. The minimum absolute atomic E-state index is 0.195. The number of aliphatic hydroxyl groups is 2. The van der Waals surface area contributed by atoms with Gasteiger partial charge in [0.2, 0.25) is 0 Å². The molecule has 0 aliphatic carbocycles. The molecule has 1 aliphatic heterocycles. The predicted octanol–water partition coefficient (Wildman–Crippen LogP) is -0.704. The fraction of sp³-hybridized carbons (Fsp3) is 0.538. The SMILES string of the molecule is CC=CCc1cn([C@H]2C[C@H](O)[C@@H](CO)O2)c(=O)[nH]c1=O. The molecule has 0 aromatic carbocycles. The Morgan fingerprint density at radius 3 is 2.90 bits per heavy atom. The quantitative estimate of drug-likeness (QED) is 0.633. The van der Waals surface area contributed by atoms with Crippen LogP contribution in [-0.4, -0.2) is 38.6 Å². The van der Waals surface area contributed by atoms with Gasteiger partial charge in [-0.25, -0.2) is 4.79 Å². The average molecular weight is 282 g/mol. The van der Waals surface area contributed by atoms with Crippen molar-refractivity contribution < 1.29 is 14.9 Å². The van der Waals surface area contributed by atoms with Crippen LogP contribution in [0.1, 0.15) is 25.1 Å². The highest BCUT2D eigenvalue weighted by molar-refractivity contribution is 5.09. The Morgan fingerprint density at radius 2 is 2.30 bits per heavy atom. The molecule has 1 saturated heterocycles. The zero-order valence-electron chi connectivity index (χ0n) is 11.2. The lowest BCUT2D eigenvalue weighted by atomic mass is 10.2. The van der Waals surface area contributed by atoms with Gasteiger partial charge in [-0.05, 0) is 13.3 Å². The monoisotopic (exact) mass is 282 g/mol. The second-order valence-corrected chi connectivity index (χ2v) is 4.71. The molecule has 20 heavy (non-hydrogen) atoms. The molecule has 3 atom stereocenters. The van der Waals surface area contributed by atoms with E-state index >= 15 is 0 Å². The summed E-state index contributed by atoms with van der Waals surface area (Å²) in [5.74, 6) is 0. The van der Waals surface area contributed by atoms with E-state index in [9.17, 15) is 14.7 Å². The van der Waals surface area contributed by atoms with Crippen molar-refractivity contribution in [3.63, 3.8) is 0 Å². The molecular formula is C13H18N2O5. The van der Waals surface area contributed by atoms with E-state index in [1.54, 1.807) is 6.08 Å². The van der Waals surface area contributed by atoms with Crippen LogP contribution in [0.4, 0.5) is 0 Å². The van der Waals surface area contributed by atoms with E-state index in [-0.39, 0.29) is 13.0 Å². The van der Waals surface area contributed by atoms with Crippen molar-refractivity contribution in [1.82, 2.24) is 9.55 Å². The molecule has 0 saturated carbocycles. The molecule has 3 N–H and O–H groups in total. The van der Waals surface area contributed by atoms with E-state index in [0.717, 1.165) is 0 Å². The number of allylic oxidation sites excluding steroid dienone is 2. The highest BCUT2D eigenvalue weighted by Gasteiger charge is 2.35. The molecule has 1 fully saturated rings. The summed E-state index contributed by atoms with van der Waals surface area (Å²) in [5, 5.41) is 18.7. The molecule has 0 bridgehead atoms. The number of aliphatic hydroxyl groups excluding tert-OH is 2. The zero-order valence-corrected chi connectivity index (χ0v) is 11.2. The Bertz CT molecular complexity index is 604. The number of H-pyrrole nitrogens is 1. The smallest absolute Gasteiger partial charge is 0.330 e. The second kappa shape index (κ2) is 6.17. The molecule has 7 heteroatoms. The average Bonchev–Trinajstić information content (AvgIpc) is 2.79. The van der Waals surface area contributed by atoms with E-state index in [2.05, 4.69) is 4.98 Å². The van der Waals surface area contributed by atoms with Gasteiger partial charge in [-0.2, -0.15) is 0 Å². The summed E-state index contributed by atoms with van der Waals surface area (Å²) >= 11 is 0. The van der Waals surface area contributed by atoms with Gasteiger partial charge in [0.1, 0.15) is 12.3 Å². The molecule has 110 valence electrons. The largest absolute Gasteiger partial charge is 0.394 e. The first-order valence-electron chi connectivity index (χ1n) is 6.46. The van der Waals surface area contributed by atoms with Gasteiger partial charge >= 0.3 is 5.69 Å². The number of aromatic nitrogens is 2. The van der Waals surface area contributed by atoms with Gasteiger partial charge < -0.3 is 14.9 Å². The summed E-state index contributed by atoms with van der Waals surface area (Å²) < 4.78 is 6.66. The van der Waals surface area contributed by atoms with Gasteiger partial charge in [-0.1, -0.05) is 12.2 Å². The number of ether oxygens (including phenoxy) is 1. The minimum atomic E-state index is -0.831. The molecule has 0 unspecified atom stereocenters. The van der Waals surface area contributed by atoms with E-state index in [1.807, 2.05) is 13.0 Å². The molecule has 2 rings (SSSR count). The van der Waals surface area contributed by atoms with E-state index < -0.39 is 29.7 Å². The van der Waals surface area contributed by atoms with Crippen LogP contribution >= 0.6 is 0 Å². The summed E-state index contributed by atoms with van der Waals surface area (Å²) in [6.45, 7) is 1.52. The third-order valence-electron chi connectivity index (χ3n) is 3.31. The third-order valence-corrected chi connectivity index (χ3v) is 3.31. The second-order valence-electron chi connectivity index (χ2n) is 4.71. The highest BCUT2D eigenvalue weighted by Crippen LogP contribution is 2.27. The minimum Gasteiger partial charge on any atom is -0.394 e. The molecule has 7 nitrogen and oxygen atoms in total. The Morgan fingerprint density at radius 1 is 1.55 bits per heavy atom. The molecule has 1 aromatic heterocycles. The van der Waals surface area contributed by atoms with Crippen molar-refractivity contribution in [3.8, 4) is 0 Å². The van der Waals surface area contributed by atoms with Gasteiger partial charge in [0.05, 0.1) is 12.7 Å². The number of aromatic amines is 1. The van der Waals surface area contributed by atoms with Gasteiger partial charge in [0.25, 0.3) is 5.56 Å². The lowest BCUT2D eigenvalue weighted by Crippen LogP contribution is -2.34. The van der Waals surface area contributed by atoms with Crippen molar-refractivity contribution in [2.45, 2.75) is 38.2 Å². The Labute approximate surface area is 115 Å². The van der Waals surface area contributed by atoms with E-state index in [0.29, 0.717) is 12.0 Å². The van der Waals surface area contributed by atoms with Crippen molar-refractivity contribution >= 4 is 0 Å². The normalized spacial score (nSPS) is 26.4. The van der Waals surface area contributed by atoms with Crippen molar-refractivity contribution in [2.24, 2.45) is 0 Å². The number of hydrogen-bond donors (Lipinski definition) is 3. The van der Waals surface area contributed by atoms with Crippen molar-refractivity contribution in [2.75, 3.05) is 6.61 Å². The predicted molar refractivity (Wildman–Crippen MR) is 71.5 cm³/mol. The Kier molecular flexibility index (Phi) is 4.53. The van der Waals surface area contributed by atoms with Gasteiger partial charge in [0, 0.05) is 18.2 Å². The molecule has 0 amide bonds. The maximum absolute atomic E-state index is 11.8. The summed E-state index contributed by atoms with van der Waals surface area (Å²) in [5.41, 5.74) is -0.579. The molecule has 0 radical (unpaired) electrons. The zero-order chi connectivity index (χ0) is 14.7. The van der Waals surface area contributed by atoms with Crippen LogP contribution in [-0.2, 0) is 11.2 Å². The van der Waals surface area contributed by atoms with Crippen LogP contribution in [0.3, 0.4) is 0 Å². The van der Waals surface area contributed by atoms with Crippen LogP contribution in [0, 0.1) is 0 Å². The van der Waals surface area contributed by atoms with Crippen LogP contribution in [0.5, 0.6) is 0 Å². The highest BCUT2D eigenvalue weighted by atomic mass is 16.5. The first-order valence-corrected chi connectivity index (χ1v) is 6.46. The van der Waals surface area contributed by atoms with E-state index in [4.69, 9.17) is 9.84 Å². The Balaban J connectivity index is 2.32. The van der Waals surface area contributed by atoms with Crippen molar-refractivity contribution in [1.29, 1.82) is 0 Å². The van der Waals surface area contributed by atoms with Crippen LogP contribution < -0.4 is 11.2 Å². The topological polar surface area (TPSA) is 105 Å². The standard InChI is InChI=1S/C13H18N2O5/c1-2-3-4-8-6-15(13(19)14-12(8)18)11-5-9(17)10(7-16)20-11/h2-3,6,9-11,16-17H,4-5,7H2,1H3,(H,14,18,19)/t9-,10+,11+/m0/s1. The summed E-state index contributed by atoms with van der Waals surface area (Å²) in [6, 6.07) is 0. The van der Waals surface area contributed by atoms with Gasteiger partial charge in [-0.15, -0.1) is 0 Å². The maximum atomic E-state index is 11.8. The molecule has 1 aromatic rings. The number of rotatable bonds is 4. The first-order chi connectivity index (χ1) is 9.56. The molecule has 2 heterocycles. The van der Waals surface area contributed by atoms with Crippen molar-refractivity contribution in [3.05, 3.63) is 44.8 Å². The van der Waals surface area contributed by atoms with Crippen LogP contribution in [0.15, 0.2) is 27.9 Å². The lowest BCUT2D eigenvalue weighted by Gasteiger charge is -2.15. The first kappa shape index (κ1) is 14.7. The number of nitrogens with one attached hydrogen (secondary N) is 1. The number of nitrogens with zero attached hydrogens (tertiary/aromatic N) is 1. The fourth-order valence-electron chi connectivity index (χ4n) is 2.18. The summed E-state index contributed by atoms with van der Waals surface area (Å²) in [7, 11) is 0. The molecule has 1 aliphatic rings. The van der Waals surface area contributed by atoms with Crippen LogP contribution in [0.25, 0.3) is 0 Å². The van der Waals surface area contributed by atoms with E-state index in [1.165, 1.54) is 10.8 Å². The van der Waals surface area contributed by atoms with Crippen LogP contribution in [0.2, 0.25) is 0 Å².